The van der Waals surface area contributed by atoms with E-state index in [-0.39, 0.29) is 18.6 Å². The monoisotopic (exact) mass is 268 g/mol. The van der Waals surface area contributed by atoms with E-state index in [1.54, 1.807) is 0 Å². The molecule has 1 heterocycles. The summed E-state index contributed by atoms with van der Waals surface area (Å²) in [6.07, 6.45) is 7.20. The lowest BCUT2D eigenvalue weighted by Crippen LogP contribution is -2.47. The van der Waals surface area contributed by atoms with Gasteiger partial charge in [-0.05, 0) is 43.4 Å². The number of carbonyl (C=O) groups excluding carboxylic acids is 1. The van der Waals surface area contributed by atoms with Crippen molar-refractivity contribution in [3.05, 3.63) is 0 Å². The zero-order valence-corrected chi connectivity index (χ0v) is 12.1. The van der Waals surface area contributed by atoms with E-state index in [1.165, 1.54) is 25.7 Å². The lowest BCUT2D eigenvalue weighted by Gasteiger charge is -2.33. The SMILES string of the molecule is CC1CCCC(CNC(=O)N2CCCC(CO)C2)C1. The Morgan fingerprint density at radius 2 is 2.05 bits per heavy atom. The first-order chi connectivity index (χ1) is 9.19. The molecule has 0 spiro atoms. The van der Waals surface area contributed by atoms with E-state index in [1.807, 2.05) is 4.90 Å². The van der Waals surface area contributed by atoms with Gasteiger partial charge < -0.3 is 15.3 Å². The van der Waals surface area contributed by atoms with Crippen molar-refractivity contribution in [3.63, 3.8) is 0 Å². The number of hydrogen-bond donors (Lipinski definition) is 2. The van der Waals surface area contributed by atoms with Gasteiger partial charge in [-0.25, -0.2) is 4.79 Å². The van der Waals surface area contributed by atoms with Crippen LogP contribution in [0.25, 0.3) is 0 Å². The van der Waals surface area contributed by atoms with E-state index in [0.717, 1.165) is 31.8 Å². The van der Waals surface area contributed by atoms with Gasteiger partial charge >= 0.3 is 6.03 Å². The molecule has 4 nitrogen and oxygen atoms in total. The molecule has 0 aromatic heterocycles. The Morgan fingerprint density at radius 1 is 1.26 bits per heavy atom. The highest BCUT2D eigenvalue weighted by Crippen LogP contribution is 2.28. The molecule has 4 heteroatoms. The molecule has 2 rings (SSSR count). The van der Waals surface area contributed by atoms with E-state index in [9.17, 15) is 9.90 Å². The Hall–Kier alpha value is -0.770. The van der Waals surface area contributed by atoms with Crippen molar-refractivity contribution < 1.29 is 9.90 Å². The third kappa shape index (κ3) is 4.37. The first-order valence-corrected chi connectivity index (χ1v) is 7.82. The highest BCUT2D eigenvalue weighted by Gasteiger charge is 2.24. The molecular formula is C15H28N2O2. The maximum absolute atomic E-state index is 12.1. The van der Waals surface area contributed by atoms with E-state index >= 15 is 0 Å². The van der Waals surface area contributed by atoms with Crippen LogP contribution in [0.5, 0.6) is 0 Å². The third-order valence-electron chi connectivity index (χ3n) is 4.65. The van der Waals surface area contributed by atoms with Gasteiger partial charge in [0.2, 0.25) is 0 Å². The molecule has 3 atom stereocenters. The molecule has 0 radical (unpaired) electrons. The van der Waals surface area contributed by atoms with Gasteiger partial charge in [0, 0.05) is 26.2 Å². The minimum absolute atomic E-state index is 0.0661. The van der Waals surface area contributed by atoms with E-state index in [2.05, 4.69) is 12.2 Å². The fourth-order valence-corrected chi connectivity index (χ4v) is 3.49. The van der Waals surface area contributed by atoms with Gasteiger partial charge in [-0.2, -0.15) is 0 Å². The molecule has 2 fully saturated rings. The molecule has 3 unspecified atom stereocenters. The summed E-state index contributed by atoms with van der Waals surface area (Å²) in [4.78, 5) is 14.0. The third-order valence-corrected chi connectivity index (χ3v) is 4.65. The second kappa shape index (κ2) is 7.13. The normalized spacial score (nSPS) is 32.1. The summed E-state index contributed by atoms with van der Waals surface area (Å²) >= 11 is 0. The van der Waals surface area contributed by atoms with E-state index in [4.69, 9.17) is 0 Å². The number of piperidine rings is 1. The van der Waals surface area contributed by atoms with Crippen molar-refractivity contribution >= 4 is 6.03 Å². The molecule has 2 aliphatic rings. The Kier molecular flexibility index (Phi) is 5.49. The van der Waals surface area contributed by atoms with Crippen LogP contribution in [0.3, 0.4) is 0 Å². The van der Waals surface area contributed by atoms with Crippen molar-refractivity contribution in [1.82, 2.24) is 10.2 Å². The van der Waals surface area contributed by atoms with Crippen LogP contribution in [-0.4, -0.2) is 42.3 Å². The van der Waals surface area contributed by atoms with Crippen LogP contribution in [0.1, 0.15) is 45.4 Å². The van der Waals surface area contributed by atoms with Gasteiger partial charge in [-0.1, -0.05) is 19.8 Å². The molecule has 1 aliphatic carbocycles. The summed E-state index contributed by atoms with van der Waals surface area (Å²) < 4.78 is 0. The number of amides is 2. The molecule has 0 bridgehead atoms. The maximum Gasteiger partial charge on any atom is 0.317 e. The van der Waals surface area contributed by atoms with Crippen LogP contribution < -0.4 is 5.32 Å². The summed E-state index contributed by atoms with van der Waals surface area (Å²) in [7, 11) is 0. The molecule has 1 saturated carbocycles. The number of rotatable bonds is 3. The fraction of sp³-hybridized carbons (Fsp3) is 0.933. The zero-order valence-electron chi connectivity index (χ0n) is 12.1. The smallest absolute Gasteiger partial charge is 0.317 e. The topological polar surface area (TPSA) is 52.6 Å². The summed E-state index contributed by atoms with van der Waals surface area (Å²) in [5.74, 6) is 1.74. The first kappa shape index (κ1) is 14.6. The summed E-state index contributed by atoms with van der Waals surface area (Å²) in [6, 6.07) is 0.0661. The molecule has 0 aromatic carbocycles. The minimum Gasteiger partial charge on any atom is -0.396 e. The van der Waals surface area contributed by atoms with Gasteiger partial charge in [-0.3, -0.25) is 0 Å². The molecule has 1 saturated heterocycles. The second-order valence-corrected chi connectivity index (χ2v) is 6.46. The second-order valence-electron chi connectivity index (χ2n) is 6.46. The summed E-state index contributed by atoms with van der Waals surface area (Å²) in [5.41, 5.74) is 0. The largest absolute Gasteiger partial charge is 0.396 e. The fourth-order valence-electron chi connectivity index (χ4n) is 3.49. The van der Waals surface area contributed by atoms with Crippen LogP contribution in [0.4, 0.5) is 4.79 Å². The standard InChI is InChI=1S/C15H28N2O2/c1-12-4-2-5-13(8-12)9-16-15(19)17-7-3-6-14(10-17)11-18/h12-14,18H,2-11H2,1H3,(H,16,19). The minimum atomic E-state index is 0.0661. The van der Waals surface area contributed by atoms with Gasteiger partial charge in [-0.15, -0.1) is 0 Å². The molecule has 110 valence electrons. The molecule has 2 amide bonds. The zero-order chi connectivity index (χ0) is 13.7. The van der Waals surface area contributed by atoms with Gasteiger partial charge in [0.15, 0.2) is 0 Å². The van der Waals surface area contributed by atoms with E-state index < -0.39 is 0 Å². The number of likely N-dealkylation sites (tertiary alicyclic amines) is 1. The predicted octanol–water partition coefficient (Wildman–Crippen LogP) is 2.23. The molecule has 1 aliphatic heterocycles. The maximum atomic E-state index is 12.1. The van der Waals surface area contributed by atoms with Crippen LogP contribution in [-0.2, 0) is 0 Å². The van der Waals surface area contributed by atoms with Crippen LogP contribution >= 0.6 is 0 Å². The summed E-state index contributed by atoms with van der Waals surface area (Å²) in [6.45, 7) is 4.88. The van der Waals surface area contributed by atoms with Gasteiger partial charge in [0.05, 0.1) is 0 Å². The number of carbonyl (C=O) groups is 1. The average molecular weight is 268 g/mol. The molecule has 0 aromatic rings. The number of hydrogen-bond acceptors (Lipinski definition) is 2. The van der Waals surface area contributed by atoms with Crippen molar-refractivity contribution in [2.24, 2.45) is 17.8 Å². The lowest BCUT2D eigenvalue weighted by atomic mass is 9.82. The number of urea groups is 1. The van der Waals surface area contributed by atoms with Crippen molar-refractivity contribution in [2.45, 2.75) is 45.4 Å². The first-order valence-electron chi connectivity index (χ1n) is 7.82. The highest BCUT2D eigenvalue weighted by atomic mass is 16.3. The van der Waals surface area contributed by atoms with Crippen LogP contribution in [0.15, 0.2) is 0 Å². The lowest BCUT2D eigenvalue weighted by molar-refractivity contribution is 0.128. The van der Waals surface area contributed by atoms with Gasteiger partial charge in [0.25, 0.3) is 0 Å². The Bertz CT molecular complexity index is 296. The predicted molar refractivity (Wildman–Crippen MR) is 75.9 cm³/mol. The highest BCUT2D eigenvalue weighted by molar-refractivity contribution is 5.74. The quantitative estimate of drug-likeness (QED) is 0.824. The Labute approximate surface area is 116 Å². The average Bonchev–Trinajstić information content (AvgIpc) is 2.45. The van der Waals surface area contributed by atoms with E-state index in [0.29, 0.717) is 12.5 Å². The number of aliphatic hydroxyl groups is 1. The molecular weight excluding hydrogens is 240 g/mol. The Balaban J connectivity index is 1.71. The van der Waals surface area contributed by atoms with Crippen LogP contribution in [0, 0.1) is 17.8 Å². The summed E-state index contributed by atoms with van der Waals surface area (Å²) in [5, 5.41) is 12.3. The van der Waals surface area contributed by atoms with Crippen molar-refractivity contribution in [3.8, 4) is 0 Å². The van der Waals surface area contributed by atoms with Crippen molar-refractivity contribution in [1.29, 1.82) is 0 Å². The number of nitrogens with one attached hydrogen (secondary N) is 1. The number of nitrogens with zero attached hydrogens (tertiary/aromatic N) is 1. The van der Waals surface area contributed by atoms with Crippen molar-refractivity contribution in [2.75, 3.05) is 26.2 Å². The van der Waals surface area contributed by atoms with Gasteiger partial charge in [0.1, 0.15) is 0 Å². The molecule has 19 heavy (non-hydrogen) atoms. The molecule has 2 N–H and O–H groups in total. The van der Waals surface area contributed by atoms with Crippen LogP contribution in [0.2, 0.25) is 0 Å². The Morgan fingerprint density at radius 3 is 2.79 bits per heavy atom. The number of aliphatic hydroxyl groups excluding tert-OH is 1.